The van der Waals surface area contributed by atoms with Crippen molar-refractivity contribution in [2.24, 2.45) is 0 Å². The molecule has 202 valence electrons. The van der Waals surface area contributed by atoms with E-state index in [9.17, 15) is 4.79 Å². The second-order valence-corrected chi connectivity index (χ2v) is 9.88. The minimum absolute atomic E-state index is 0.185. The average molecular weight is 526 g/mol. The molecule has 2 aromatic carbocycles. The lowest BCUT2D eigenvalue weighted by atomic mass is 10.0. The fourth-order valence-corrected chi connectivity index (χ4v) is 4.88. The highest BCUT2D eigenvalue weighted by atomic mass is 16.5. The van der Waals surface area contributed by atoms with Gasteiger partial charge in [0.1, 0.15) is 5.65 Å². The van der Waals surface area contributed by atoms with Gasteiger partial charge in [0.15, 0.2) is 11.5 Å². The lowest BCUT2D eigenvalue weighted by Gasteiger charge is -2.34. The van der Waals surface area contributed by atoms with E-state index in [0.717, 1.165) is 59.5 Å². The van der Waals surface area contributed by atoms with Gasteiger partial charge in [0.2, 0.25) is 5.91 Å². The average Bonchev–Trinajstić information content (AvgIpc) is 3.38. The van der Waals surface area contributed by atoms with Crippen LogP contribution in [-0.4, -0.2) is 68.2 Å². The molecule has 39 heavy (non-hydrogen) atoms. The Balaban J connectivity index is 1.28. The highest BCUT2D eigenvalue weighted by Gasteiger charge is 2.15. The van der Waals surface area contributed by atoms with Crippen LogP contribution in [0.5, 0.6) is 11.5 Å². The highest BCUT2D eigenvalue weighted by molar-refractivity contribution is 5.96. The van der Waals surface area contributed by atoms with Crippen LogP contribution in [0, 0.1) is 0 Å². The second-order valence-electron chi connectivity index (χ2n) is 9.88. The summed E-state index contributed by atoms with van der Waals surface area (Å²) in [4.78, 5) is 25.3. The summed E-state index contributed by atoms with van der Waals surface area (Å²) >= 11 is 0. The third-order valence-electron chi connectivity index (χ3n) is 7.31. The van der Waals surface area contributed by atoms with Crippen molar-refractivity contribution < 1.29 is 14.3 Å². The SMILES string of the molecule is COc1ccc([C@@H](C)NC(=O)/C=C/c2c[nH]c3ncc(-c4ccc(N5CCN(C)CC5)cc4)cc23)cc1OC. The third-order valence-corrected chi connectivity index (χ3v) is 7.31. The first-order valence-corrected chi connectivity index (χ1v) is 13.2. The van der Waals surface area contributed by atoms with Crippen molar-refractivity contribution in [2.75, 3.05) is 52.3 Å². The first-order valence-electron chi connectivity index (χ1n) is 13.2. The van der Waals surface area contributed by atoms with E-state index in [1.807, 2.05) is 43.6 Å². The van der Waals surface area contributed by atoms with E-state index in [2.05, 4.69) is 62.5 Å². The molecule has 1 fully saturated rings. The molecule has 3 heterocycles. The molecule has 8 heteroatoms. The molecule has 4 aromatic rings. The number of nitrogens with one attached hydrogen (secondary N) is 2. The summed E-state index contributed by atoms with van der Waals surface area (Å²) < 4.78 is 10.7. The molecule has 1 aliphatic heterocycles. The molecule has 2 aromatic heterocycles. The topological polar surface area (TPSA) is 82.7 Å². The van der Waals surface area contributed by atoms with Crippen molar-refractivity contribution in [3.05, 3.63) is 78.1 Å². The van der Waals surface area contributed by atoms with Crippen LogP contribution in [0.3, 0.4) is 0 Å². The van der Waals surface area contributed by atoms with Gasteiger partial charge in [-0.2, -0.15) is 0 Å². The molecule has 0 saturated carbocycles. The molecule has 0 spiro atoms. The number of ether oxygens (including phenoxy) is 2. The van der Waals surface area contributed by atoms with E-state index < -0.39 is 0 Å². The predicted molar refractivity (Wildman–Crippen MR) is 156 cm³/mol. The smallest absolute Gasteiger partial charge is 0.244 e. The minimum atomic E-state index is -0.202. The van der Waals surface area contributed by atoms with Gasteiger partial charge in [-0.05, 0) is 61.5 Å². The number of aromatic nitrogens is 2. The summed E-state index contributed by atoms with van der Waals surface area (Å²) in [6.45, 7) is 6.19. The van der Waals surface area contributed by atoms with Gasteiger partial charge in [-0.3, -0.25) is 4.79 Å². The van der Waals surface area contributed by atoms with Gasteiger partial charge in [0, 0.05) is 66.8 Å². The molecule has 0 radical (unpaired) electrons. The molecule has 0 bridgehead atoms. The van der Waals surface area contributed by atoms with Gasteiger partial charge >= 0.3 is 0 Å². The lowest BCUT2D eigenvalue weighted by Crippen LogP contribution is -2.44. The normalized spacial score (nSPS) is 15.0. The molecule has 0 unspecified atom stereocenters. The molecule has 1 saturated heterocycles. The molecular weight excluding hydrogens is 490 g/mol. The van der Waals surface area contributed by atoms with Gasteiger partial charge in [-0.1, -0.05) is 18.2 Å². The first kappa shape index (κ1) is 26.3. The fourth-order valence-electron chi connectivity index (χ4n) is 4.88. The number of pyridine rings is 1. The number of carbonyl (C=O) groups excluding carboxylic acids is 1. The Morgan fingerprint density at radius 1 is 1.00 bits per heavy atom. The quantitative estimate of drug-likeness (QED) is 0.319. The lowest BCUT2D eigenvalue weighted by molar-refractivity contribution is -0.117. The standard InChI is InChI=1S/C31H35N5O3/c1-21(23-7-11-28(38-3)29(18-23)39-4)34-30(37)12-8-24-19-32-31-27(24)17-25(20-33-31)22-5-9-26(10-6-22)36-15-13-35(2)14-16-36/h5-12,17-21H,13-16H2,1-4H3,(H,32,33)(H,34,37)/b12-8+/t21-/m1/s1. The summed E-state index contributed by atoms with van der Waals surface area (Å²) in [7, 11) is 5.36. The maximum Gasteiger partial charge on any atom is 0.244 e. The first-order chi connectivity index (χ1) is 18.9. The number of carbonyl (C=O) groups is 1. The van der Waals surface area contributed by atoms with Crippen LogP contribution in [0.25, 0.3) is 28.2 Å². The van der Waals surface area contributed by atoms with E-state index in [1.54, 1.807) is 20.3 Å². The van der Waals surface area contributed by atoms with E-state index in [0.29, 0.717) is 11.5 Å². The van der Waals surface area contributed by atoms with Gasteiger partial charge < -0.3 is 29.6 Å². The number of methoxy groups -OCH3 is 2. The third kappa shape index (κ3) is 5.91. The molecular formula is C31H35N5O3. The van der Waals surface area contributed by atoms with Crippen molar-refractivity contribution in [3.8, 4) is 22.6 Å². The van der Waals surface area contributed by atoms with Crippen LogP contribution in [0.15, 0.2) is 67.0 Å². The van der Waals surface area contributed by atoms with Gasteiger partial charge in [0.25, 0.3) is 0 Å². The Bertz CT molecular complexity index is 1470. The number of benzene rings is 2. The number of amides is 1. The van der Waals surface area contributed by atoms with Gasteiger partial charge in [0.05, 0.1) is 20.3 Å². The summed E-state index contributed by atoms with van der Waals surface area (Å²) in [5.41, 5.74) is 6.01. The Morgan fingerprint density at radius 3 is 2.46 bits per heavy atom. The van der Waals surface area contributed by atoms with Gasteiger partial charge in [-0.15, -0.1) is 0 Å². The van der Waals surface area contributed by atoms with Crippen LogP contribution < -0.4 is 19.7 Å². The predicted octanol–water partition coefficient (Wildman–Crippen LogP) is 4.89. The number of nitrogens with zero attached hydrogens (tertiary/aromatic N) is 3. The molecule has 0 aliphatic carbocycles. The minimum Gasteiger partial charge on any atom is -0.493 e. The van der Waals surface area contributed by atoms with Crippen molar-refractivity contribution in [1.29, 1.82) is 0 Å². The molecule has 1 aliphatic rings. The molecule has 5 rings (SSSR count). The summed E-state index contributed by atoms with van der Waals surface area (Å²) in [6.07, 6.45) is 7.13. The number of fused-ring (bicyclic) bond motifs is 1. The zero-order chi connectivity index (χ0) is 27.4. The van der Waals surface area contributed by atoms with Crippen LogP contribution in [-0.2, 0) is 4.79 Å². The van der Waals surface area contributed by atoms with Crippen molar-refractivity contribution in [2.45, 2.75) is 13.0 Å². The number of likely N-dealkylation sites (N-methyl/N-ethyl adjacent to an activating group) is 1. The van der Waals surface area contributed by atoms with E-state index in [-0.39, 0.29) is 11.9 Å². The Hall–Kier alpha value is -4.30. The second kappa shape index (κ2) is 11.6. The summed E-state index contributed by atoms with van der Waals surface area (Å²) in [5.74, 6) is 1.09. The van der Waals surface area contributed by atoms with Crippen LogP contribution in [0.2, 0.25) is 0 Å². The maximum absolute atomic E-state index is 12.7. The zero-order valence-electron chi connectivity index (χ0n) is 22.9. The number of rotatable bonds is 8. The Morgan fingerprint density at radius 2 is 1.74 bits per heavy atom. The largest absolute Gasteiger partial charge is 0.493 e. The number of hydrogen-bond acceptors (Lipinski definition) is 6. The molecule has 8 nitrogen and oxygen atoms in total. The summed E-state index contributed by atoms with van der Waals surface area (Å²) in [6, 6.07) is 16.2. The van der Waals surface area contributed by atoms with E-state index in [1.165, 1.54) is 5.69 Å². The molecule has 2 N–H and O–H groups in total. The molecule has 1 amide bonds. The van der Waals surface area contributed by atoms with Crippen molar-refractivity contribution in [1.82, 2.24) is 20.2 Å². The fraction of sp³-hybridized carbons (Fsp3) is 0.290. The van der Waals surface area contributed by atoms with Crippen molar-refractivity contribution in [3.63, 3.8) is 0 Å². The van der Waals surface area contributed by atoms with Crippen LogP contribution in [0.1, 0.15) is 24.1 Å². The number of hydrogen-bond donors (Lipinski definition) is 2. The van der Waals surface area contributed by atoms with Crippen LogP contribution in [0.4, 0.5) is 5.69 Å². The van der Waals surface area contributed by atoms with E-state index in [4.69, 9.17) is 9.47 Å². The van der Waals surface area contributed by atoms with Crippen molar-refractivity contribution >= 4 is 28.7 Å². The van der Waals surface area contributed by atoms with E-state index >= 15 is 0 Å². The number of H-pyrrole nitrogens is 1. The molecule has 1 atom stereocenters. The zero-order valence-corrected chi connectivity index (χ0v) is 22.9. The van der Waals surface area contributed by atoms with Crippen LogP contribution >= 0.6 is 0 Å². The number of aromatic amines is 1. The Labute approximate surface area is 229 Å². The number of piperazine rings is 1. The Kier molecular flexibility index (Phi) is 7.84. The maximum atomic E-state index is 12.7. The monoisotopic (exact) mass is 525 g/mol. The summed E-state index contributed by atoms with van der Waals surface area (Å²) in [5, 5.41) is 3.98. The highest BCUT2D eigenvalue weighted by Crippen LogP contribution is 2.30. The van der Waals surface area contributed by atoms with Gasteiger partial charge in [-0.25, -0.2) is 4.98 Å². The number of anilines is 1.